The molecule has 1 nitrogen and oxygen atoms in total. The van der Waals surface area contributed by atoms with Crippen LogP contribution in [-0.2, 0) is 12.8 Å². The summed E-state index contributed by atoms with van der Waals surface area (Å²) in [6.07, 6.45) is 4.44. The molecule has 102 valence electrons. The molecule has 1 unspecified atom stereocenters. The Kier molecular flexibility index (Phi) is 4.08. The first-order valence-electron chi connectivity index (χ1n) is 6.95. The van der Waals surface area contributed by atoms with E-state index in [0.717, 1.165) is 25.0 Å². The van der Waals surface area contributed by atoms with Crippen molar-refractivity contribution in [3.8, 4) is 0 Å². The molecule has 0 fully saturated rings. The van der Waals surface area contributed by atoms with Crippen molar-refractivity contribution in [3.63, 3.8) is 0 Å². The summed E-state index contributed by atoms with van der Waals surface area (Å²) in [4.78, 5) is 0. The van der Waals surface area contributed by atoms with Crippen LogP contribution in [0.15, 0.2) is 65.3 Å². The molecule has 0 amide bonds. The van der Waals surface area contributed by atoms with E-state index in [4.69, 9.17) is 16.0 Å². The van der Waals surface area contributed by atoms with Gasteiger partial charge >= 0.3 is 0 Å². The molecule has 3 rings (SSSR count). The number of rotatable bonds is 5. The number of benzene rings is 2. The molecule has 1 heterocycles. The highest BCUT2D eigenvalue weighted by atomic mass is 35.5. The second-order valence-electron chi connectivity index (χ2n) is 5.10. The summed E-state index contributed by atoms with van der Waals surface area (Å²) in [7, 11) is 0. The molecule has 0 saturated heterocycles. The van der Waals surface area contributed by atoms with Crippen molar-refractivity contribution >= 4 is 22.4 Å². The Balaban J connectivity index is 1.63. The maximum absolute atomic E-state index is 6.44. The Morgan fingerprint density at radius 2 is 1.80 bits per heavy atom. The summed E-state index contributed by atoms with van der Waals surface area (Å²) >= 11 is 6.44. The second-order valence-corrected chi connectivity index (χ2v) is 5.72. The van der Waals surface area contributed by atoms with Gasteiger partial charge in [0.25, 0.3) is 0 Å². The molecular formula is C18H17ClO. The number of hydrogen-bond acceptors (Lipinski definition) is 1. The van der Waals surface area contributed by atoms with Crippen molar-refractivity contribution in [1.29, 1.82) is 0 Å². The van der Waals surface area contributed by atoms with Gasteiger partial charge in [-0.25, -0.2) is 0 Å². The van der Waals surface area contributed by atoms with E-state index < -0.39 is 0 Å². The molecule has 2 heteroatoms. The lowest BCUT2D eigenvalue weighted by atomic mass is 10.0. The Bertz CT molecular complexity index is 673. The molecule has 20 heavy (non-hydrogen) atoms. The van der Waals surface area contributed by atoms with Gasteiger partial charge in [0.15, 0.2) is 0 Å². The van der Waals surface area contributed by atoms with E-state index in [1.807, 2.05) is 12.1 Å². The van der Waals surface area contributed by atoms with Gasteiger partial charge in [0, 0.05) is 11.8 Å². The molecule has 0 saturated carbocycles. The predicted molar refractivity (Wildman–Crippen MR) is 84.3 cm³/mol. The van der Waals surface area contributed by atoms with E-state index in [0.29, 0.717) is 0 Å². The van der Waals surface area contributed by atoms with Crippen LogP contribution in [0.25, 0.3) is 10.8 Å². The maximum Gasteiger partial charge on any atom is 0.103 e. The number of hydrogen-bond donors (Lipinski definition) is 0. The van der Waals surface area contributed by atoms with Crippen LogP contribution in [0, 0.1) is 0 Å². The Hall–Kier alpha value is -1.73. The highest BCUT2D eigenvalue weighted by Crippen LogP contribution is 2.19. The minimum Gasteiger partial charge on any atom is -0.469 e. The highest BCUT2D eigenvalue weighted by molar-refractivity contribution is 6.20. The molecule has 1 atom stereocenters. The standard InChI is InChI=1S/C18H17ClO/c19-17(9-10-18-6-3-11-20-18)13-14-7-8-15-4-1-2-5-16(15)12-14/h1-8,11-12,17H,9-10,13H2. The van der Waals surface area contributed by atoms with Crippen molar-refractivity contribution in [1.82, 2.24) is 0 Å². The third-order valence-corrected chi connectivity index (χ3v) is 3.93. The molecule has 0 spiro atoms. The molecule has 3 aromatic rings. The van der Waals surface area contributed by atoms with Crippen molar-refractivity contribution < 1.29 is 4.42 Å². The lowest BCUT2D eigenvalue weighted by Crippen LogP contribution is -2.04. The van der Waals surface area contributed by atoms with E-state index in [1.165, 1.54) is 16.3 Å². The highest BCUT2D eigenvalue weighted by Gasteiger charge is 2.08. The first-order chi connectivity index (χ1) is 9.81. The number of fused-ring (bicyclic) bond motifs is 1. The van der Waals surface area contributed by atoms with Crippen LogP contribution < -0.4 is 0 Å². The Morgan fingerprint density at radius 1 is 0.950 bits per heavy atom. The fourth-order valence-corrected chi connectivity index (χ4v) is 2.76. The fraction of sp³-hybridized carbons (Fsp3) is 0.222. The molecule has 0 aliphatic heterocycles. The zero-order chi connectivity index (χ0) is 13.8. The Morgan fingerprint density at radius 3 is 2.60 bits per heavy atom. The van der Waals surface area contributed by atoms with Gasteiger partial charge in [-0.2, -0.15) is 0 Å². The Labute approximate surface area is 124 Å². The fourth-order valence-electron chi connectivity index (χ4n) is 2.48. The molecule has 2 aromatic carbocycles. The zero-order valence-corrected chi connectivity index (χ0v) is 12.0. The SMILES string of the molecule is ClC(CCc1ccco1)Cc1ccc2ccccc2c1. The summed E-state index contributed by atoms with van der Waals surface area (Å²) in [5, 5.41) is 2.69. The minimum absolute atomic E-state index is 0.140. The monoisotopic (exact) mass is 284 g/mol. The molecule has 0 bridgehead atoms. The number of furan rings is 1. The van der Waals surface area contributed by atoms with Crippen molar-refractivity contribution in [2.45, 2.75) is 24.6 Å². The van der Waals surface area contributed by atoms with E-state index in [-0.39, 0.29) is 5.38 Å². The zero-order valence-electron chi connectivity index (χ0n) is 11.3. The molecule has 0 aliphatic carbocycles. The second kappa shape index (κ2) is 6.15. The normalized spacial score (nSPS) is 12.7. The topological polar surface area (TPSA) is 13.1 Å². The minimum atomic E-state index is 0.140. The third kappa shape index (κ3) is 3.23. The van der Waals surface area contributed by atoms with E-state index >= 15 is 0 Å². The van der Waals surface area contributed by atoms with Gasteiger partial charge in [-0.15, -0.1) is 11.6 Å². The van der Waals surface area contributed by atoms with Gasteiger partial charge < -0.3 is 4.42 Å². The maximum atomic E-state index is 6.44. The number of halogens is 1. The third-order valence-electron chi connectivity index (χ3n) is 3.56. The smallest absolute Gasteiger partial charge is 0.103 e. The molecule has 0 radical (unpaired) electrons. The number of aryl methyl sites for hydroxylation is 1. The molecule has 0 aliphatic rings. The van der Waals surface area contributed by atoms with E-state index in [1.54, 1.807) is 6.26 Å². The molecular weight excluding hydrogens is 268 g/mol. The lowest BCUT2D eigenvalue weighted by Gasteiger charge is -2.09. The average molecular weight is 285 g/mol. The van der Waals surface area contributed by atoms with Crippen LogP contribution in [0.4, 0.5) is 0 Å². The van der Waals surface area contributed by atoms with Gasteiger partial charge in [-0.05, 0) is 41.3 Å². The van der Waals surface area contributed by atoms with Crippen LogP contribution in [-0.4, -0.2) is 5.38 Å². The summed E-state index contributed by atoms with van der Waals surface area (Å²) in [6.45, 7) is 0. The van der Waals surface area contributed by atoms with Gasteiger partial charge in [0.2, 0.25) is 0 Å². The van der Waals surface area contributed by atoms with Crippen LogP contribution >= 0.6 is 11.6 Å². The van der Waals surface area contributed by atoms with Crippen LogP contribution in [0.1, 0.15) is 17.7 Å². The molecule has 0 N–H and O–H groups in total. The predicted octanol–water partition coefficient (Wildman–Crippen LogP) is 5.22. The summed E-state index contributed by atoms with van der Waals surface area (Å²) < 4.78 is 5.33. The van der Waals surface area contributed by atoms with Crippen LogP contribution in [0.3, 0.4) is 0 Å². The van der Waals surface area contributed by atoms with Crippen molar-refractivity contribution in [2.75, 3.05) is 0 Å². The average Bonchev–Trinajstić information content (AvgIpc) is 2.98. The largest absolute Gasteiger partial charge is 0.469 e. The van der Waals surface area contributed by atoms with Crippen molar-refractivity contribution in [2.24, 2.45) is 0 Å². The first-order valence-corrected chi connectivity index (χ1v) is 7.39. The molecule has 1 aromatic heterocycles. The van der Waals surface area contributed by atoms with E-state index in [2.05, 4.69) is 42.5 Å². The summed E-state index contributed by atoms with van der Waals surface area (Å²) in [6, 6.07) is 18.9. The summed E-state index contributed by atoms with van der Waals surface area (Å²) in [5.74, 6) is 1.01. The number of alkyl halides is 1. The van der Waals surface area contributed by atoms with Crippen LogP contribution in [0.5, 0.6) is 0 Å². The first kappa shape index (κ1) is 13.3. The van der Waals surface area contributed by atoms with E-state index in [9.17, 15) is 0 Å². The summed E-state index contributed by atoms with van der Waals surface area (Å²) in [5.41, 5.74) is 1.29. The lowest BCUT2D eigenvalue weighted by molar-refractivity contribution is 0.499. The van der Waals surface area contributed by atoms with Crippen LogP contribution in [0.2, 0.25) is 0 Å². The van der Waals surface area contributed by atoms with Gasteiger partial charge in [-0.1, -0.05) is 42.5 Å². The van der Waals surface area contributed by atoms with Gasteiger partial charge in [0.1, 0.15) is 5.76 Å². The van der Waals surface area contributed by atoms with Crippen molar-refractivity contribution in [3.05, 3.63) is 72.2 Å². The quantitative estimate of drug-likeness (QED) is 0.586. The van der Waals surface area contributed by atoms with Gasteiger partial charge in [-0.3, -0.25) is 0 Å². The van der Waals surface area contributed by atoms with Gasteiger partial charge in [0.05, 0.1) is 6.26 Å².